The molecule has 5 nitrogen and oxygen atoms in total. The maximum Gasteiger partial charge on any atom is 0.330 e. The summed E-state index contributed by atoms with van der Waals surface area (Å²) in [6, 6.07) is 0.227. The molecule has 1 rings (SSSR count). The maximum atomic E-state index is 11.2. The highest BCUT2D eigenvalue weighted by Gasteiger charge is 2.22. The minimum atomic E-state index is -2.80. The van der Waals surface area contributed by atoms with Gasteiger partial charge in [0.25, 0.3) is 0 Å². The van der Waals surface area contributed by atoms with Crippen LogP contribution in [0.2, 0.25) is 0 Å². The third-order valence-corrected chi connectivity index (χ3v) is 4.33. The van der Waals surface area contributed by atoms with Gasteiger partial charge in [-0.2, -0.15) is 0 Å². The molecule has 0 aromatic heterocycles. The van der Waals surface area contributed by atoms with E-state index in [1.165, 1.54) is 6.08 Å². The fraction of sp³-hybridized carbons (Fsp3) is 0.727. The predicted molar refractivity (Wildman–Crippen MR) is 65.5 cm³/mol. The van der Waals surface area contributed by atoms with Gasteiger partial charge in [-0.1, -0.05) is 6.08 Å². The fourth-order valence-electron chi connectivity index (χ4n) is 1.67. The van der Waals surface area contributed by atoms with E-state index >= 15 is 0 Å². The van der Waals surface area contributed by atoms with E-state index in [4.69, 9.17) is 4.74 Å². The highest BCUT2D eigenvalue weighted by molar-refractivity contribution is 7.91. The van der Waals surface area contributed by atoms with Crippen molar-refractivity contribution in [1.29, 1.82) is 0 Å². The van der Waals surface area contributed by atoms with E-state index in [0.29, 0.717) is 26.0 Å². The first-order valence-electron chi connectivity index (χ1n) is 5.80. The van der Waals surface area contributed by atoms with Gasteiger partial charge in [-0.3, -0.25) is 0 Å². The van der Waals surface area contributed by atoms with Gasteiger partial charge in [0.15, 0.2) is 0 Å². The first-order valence-corrected chi connectivity index (χ1v) is 7.63. The molecule has 17 heavy (non-hydrogen) atoms. The van der Waals surface area contributed by atoms with Crippen LogP contribution in [0.1, 0.15) is 19.8 Å². The number of ether oxygens (including phenoxy) is 1. The highest BCUT2D eigenvalue weighted by atomic mass is 32.2. The van der Waals surface area contributed by atoms with Gasteiger partial charge in [-0.05, 0) is 19.8 Å². The molecule has 6 heteroatoms. The minimum absolute atomic E-state index is 0.227. The molecule has 1 heterocycles. The second kappa shape index (κ2) is 6.76. The number of hydrogen-bond donors (Lipinski definition) is 1. The molecule has 1 saturated heterocycles. The van der Waals surface area contributed by atoms with Crippen molar-refractivity contribution in [2.75, 3.05) is 24.7 Å². The second-order valence-corrected chi connectivity index (χ2v) is 6.29. The van der Waals surface area contributed by atoms with Gasteiger partial charge < -0.3 is 10.1 Å². The molecule has 1 N–H and O–H groups in total. The zero-order chi connectivity index (χ0) is 12.7. The van der Waals surface area contributed by atoms with Crippen LogP contribution in [-0.4, -0.2) is 45.1 Å². The number of nitrogens with one attached hydrogen (secondary N) is 1. The van der Waals surface area contributed by atoms with Crippen molar-refractivity contribution >= 4 is 15.8 Å². The SMILES string of the molecule is CCOC(=O)/C=C/CNC1CCS(=O)(=O)CC1. The van der Waals surface area contributed by atoms with Crippen LogP contribution in [0.3, 0.4) is 0 Å². The number of esters is 1. The standard InChI is InChI=1S/C11H19NO4S/c1-2-16-11(13)4-3-7-12-10-5-8-17(14,15)9-6-10/h3-4,10,12H,2,5-9H2,1H3/b4-3+. The van der Waals surface area contributed by atoms with Crippen LogP contribution in [0, 0.1) is 0 Å². The number of carbonyl (C=O) groups excluding carboxylic acids is 1. The molecule has 1 aliphatic heterocycles. The lowest BCUT2D eigenvalue weighted by atomic mass is 10.1. The Kier molecular flexibility index (Phi) is 5.64. The molecule has 0 aromatic rings. The summed E-state index contributed by atoms with van der Waals surface area (Å²) in [6.07, 6.45) is 4.38. The average Bonchev–Trinajstić information content (AvgIpc) is 2.27. The van der Waals surface area contributed by atoms with Crippen LogP contribution < -0.4 is 5.32 Å². The topological polar surface area (TPSA) is 72.5 Å². The van der Waals surface area contributed by atoms with E-state index in [9.17, 15) is 13.2 Å². The van der Waals surface area contributed by atoms with Crippen LogP contribution in [0.4, 0.5) is 0 Å². The van der Waals surface area contributed by atoms with Crippen molar-refractivity contribution in [3.8, 4) is 0 Å². The summed E-state index contributed by atoms with van der Waals surface area (Å²) < 4.78 is 27.1. The van der Waals surface area contributed by atoms with E-state index in [1.54, 1.807) is 13.0 Å². The molecule has 0 radical (unpaired) electrons. The smallest absolute Gasteiger partial charge is 0.330 e. The molecule has 0 unspecified atom stereocenters. The van der Waals surface area contributed by atoms with E-state index in [1.807, 2.05) is 0 Å². The Hall–Kier alpha value is -0.880. The lowest BCUT2D eigenvalue weighted by molar-refractivity contribution is -0.137. The Morgan fingerprint density at radius 3 is 2.65 bits per heavy atom. The van der Waals surface area contributed by atoms with Gasteiger partial charge in [-0.15, -0.1) is 0 Å². The third-order valence-electron chi connectivity index (χ3n) is 2.62. The second-order valence-electron chi connectivity index (χ2n) is 3.99. The predicted octanol–water partition coefficient (Wildman–Crippen LogP) is 0.272. The molecule has 0 bridgehead atoms. The minimum Gasteiger partial charge on any atom is -0.463 e. The molecule has 0 saturated carbocycles. The van der Waals surface area contributed by atoms with Crippen LogP contribution in [0.15, 0.2) is 12.2 Å². The molecule has 0 amide bonds. The third kappa shape index (κ3) is 5.83. The first kappa shape index (κ1) is 14.2. The van der Waals surface area contributed by atoms with Crippen molar-refractivity contribution in [1.82, 2.24) is 5.32 Å². The van der Waals surface area contributed by atoms with Crippen molar-refractivity contribution in [2.24, 2.45) is 0 Å². The molecule has 1 aliphatic rings. The Balaban J connectivity index is 2.18. The fourth-order valence-corrected chi connectivity index (χ4v) is 3.17. The van der Waals surface area contributed by atoms with Crippen LogP contribution in [0.25, 0.3) is 0 Å². The molecular weight excluding hydrogens is 242 g/mol. The van der Waals surface area contributed by atoms with Gasteiger partial charge in [0.1, 0.15) is 9.84 Å². The van der Waals surface area contributed by atoms with Gasteiger partial charge in [-0.25, -0.2) is 13.2 Å². The summed E-state index contributed by atoms with van der Waals surface area (Å²) in [5.41, 5.74) is 0. The number of hydrogen-bond acceptors (Lipinski definition) is 5. The summed E-state index contributed by atoms with van der Waals surface area (Å²) in [7, 11) is -2.80. The Labute approximate surface area is 102 Å². The zero-order valence-corrected chi connectivity index (χ0v) is 10.8. The maximum absolute atomic E-state index is 11.2. The zero-order valence-electron chi connectivity index (χ0n) is 10.0. The van der Waals surface area contributed by atoms with Crippen molar-refractivity contribution in [3.05, 3.63) is 12.2 Å². The van der Waals surface area contributed by atoms with Crippen LogP contribution in [0.5, 0.6) is 0 Å². The molecule has 0 aromatic carbocycles. The lowest BCUT2D eigenvalue weighted by Crippen LogP contribution is -2.37. The van der Waals surface area contributed by atoms with Gasteiger partial charge in [0.05, 0.1) is 18.1 Å². The highest BCUT2D eigenvalue weighted by Crippen LogP contribution is 2.11. The number of sulfone groups is 1. The Morgan fingerprint density at radius 2 is 2.06 bits per heavy atom. The molecule has 0 spiro atoms. The lowest BCUT2D eigenvalue weighted by Gasteiger charge is -2.22. The van der Waals surface area contributed by atoms with E-state index in [2.05, 4.69) is 5.32 Å². The van der Waals surface area contributed by atoms with E-state index in [-0.39, 0.29) is 23.5 Å². The summed E-state index contributed by atoms with van der Waals surface area (Å²) >= 11 is 0. The van der Waals surface area contributed by atoms with Crippen molar-refractivity contribution in [3.63, 3.8) is 0 Å². The normalized spacial score (nSPS) is 20.5. The molecule has 0 aliphatic carbocycles. The van der Waals surface area contributed by atoms with Crippen LogP contribution >= 0.6 is 0 Å². The molecular formula is C11H19NO4S. The van der Waals surface area contributed by atoms with E-state index < -0.39 is 9.84 Å². The first-order chi connectivity index (χ1) is 8.03. The van der Waals surface area contributed by atoms with Crippen molar-refractivity contribution < 1.29 is 17.9 Å². The summed E-state index contributed by atoms with van der Waals surface area (Å²) in [4.78, 5) is 11.0. The Morgan fingerprint density at radius 1 is 1.41 bits per heavy atom. The summed E-state index contributed by atoms with van der Waals surface area (Å²) in [5.74, 6) is 0.166. The largest absolute Gasteiger partial charge is 0.463 e. The molecule has 98 valence electrons. The van der Waals surface area contributed by atoms with Crippen LogP contribution in [-0.2, 0) is 19.4 Å². The average molecular weight is 261 g/mol. The molecule has 1 fully saturated rings. The Bertz CT molecular complexity index is 361. The molecule has 0 atom stereocenters. The summed E-state index contributed by atoms with van der Waals surface area (Å²) in [5, 5.41) is 3.20. The number of carbonyl (C=O) groups is 1. The van der Waals surface area contributed by atoms with E-state index in [0.717, 1.165) is 0 Å². The number of rotatable bonds is 5. The van der Waals surface area contributed by atoms with Gasteiger partial charge in [0.2, 0.25) is 0 Å². The van der Waals surface area contributed by atoms with Gasteiger partial charge >= 0.3 is 5.97 Å². The van der Waals surface area contributed by atoms with Crippen molar-refractivity contribution in [2.45, 2.75) is 25.8 Å². The monoisotopic (exact) mass is 261 g/mol. The summed E-state index contributed by atoms with van der Waals surface area (Å²) in [6.45, 7) is 2.69. The quantitative estimate of drug-likeness (QED) is 0.568. The van der Waals surface area contributed by atoms with Gasteiger partial charge in [0, 0.05) is 18.7 Å².